The Labute approximate surface area is 125 Å². The molecule has 0 aromatic heterocycles. The highest BCUT2D eigenvalue weighted by molar-refractivity contribution is 9.09. The number of benzene rings is 1. The maximum atomic E-state index is 12.9. The minimum Gasteiger partial charge on any atom is -0.382 e. The number of carbonyl (C=O) groups excluding carboxylic acids is 1. The number of carbonyl (C=O) groups is 1. The Morgan fingerprint density at radius 3 is 2.52 bits per heavy atom. The number of hydrogen-bond acceptors (Lipinski definition) is 4. The molecule has 21 heavy (non-hydrogen) atoms. The second-order valence-corrected chi connectivity index (χ2v) is 4.69. The van der Waals surface area contributed by atoms with Crippen molar-refractivity contribution >= 4 is 33.2 Å². The number of nitrogens with zero attached hydrogens (tertiary/aromatic N) is 1. The summed E-state index contributed by atoms with van der Waals surface area (Å²) in [5, 5.41) is 21.9. The number of aliphatic hydroxyl groups is 1. The standard InChI is InChI=1S/C11H10BrF3N2O4/c1-5-6(16-10(19)8(18)4-12)2-3-7(17(20)21)9(5)11(13,14)15/h2-3,8,18H,4H2,1H3,(H,16,19)/t8-/m0/s1. The highest BCUT2D eigenvalue weighted by Gasteiger charge is 2.41. The first kappa shape index (κ1) is 17.4. The lowest BCUT2D eigenvalue weighted by atomic mass is 10.0. The molecule has 1 aromatic rings. The fourth-order valence-electron chi connectivity index (χ4n) is 1.63. The number of rotatable bonds is 4. The van der Waals surface area contributed by atoms with Gasteiger partial charge >= 0.3 is 6.18 Å². The molecule has 116 valence electrons. The molecule has 0 fully saturated rings. The van der Waals surface area contributed by atoms with Crippen molar-refractivity contribution in [2.45, 2.75) is 19.2 Å². The third kappa shape index (κ3) is 3.91. The quantitative estimate of drug-likeness (QED) is 0.484. The summed E-state index contributed by atoms with van der Waals surface area (Å²) in [7, 11) is 0. The number of nitro benzene ring substituents is 1. The van der Waals surface area contributed by atoms with E-state index < -0.39 is 39.9 Å². The molecular weight excluding hydrogens is 361 g/mol. The molecule has 0 aliphatic carbocycles. The van der Waals surface area contributed by atoms with Crippen molar-refractivity contribution in [2.24, 2.45) is 0 Å². The van der Waals surface area contributed by atoms with E-state index in [0.717, 1.165) is 13.0 Å². The molecule has 0 saturated heterocycles. The summed E-state index contributed by atoms with van der Waals surface area (Å²) >= 11 is 2.84. The number of halogens is 4. The third-order valence-electron chi connectivity index (χ3n) is 2.63. The smallest absolute Gasteiger partial charge is 0.382 e. The average Bonchev–Trinajstić information content (AvgIpc) is 2.37. The summed E-state index contributed by atoms with van der Waals surface area (Å²) in [5.74, 6) is -0.919. The number of nitro groups is 1. The van der Waals surface area contributed by atoms with Gasteiger partial charge < -0.3 is 10.4 Å². The molecule has 1 aromatic carbocycles. The molecular formula is C11H10BrF3N2O4. The van der Waals surface area contributed by atoms with E-state index >= 15 is 0 Å². The van der Waals surface area contributed by atoms with E-state index in [9.17, 15) is 33.2 Å². The number of nitrogens with one attached hydrogen (secondary N) is 1. The van der Waals surface area contributed by atoms with Crippen LogP contribution >= 0.6 is 15.9 Å². The molecule has 1 atom stereocenters. The second kappa shape index (κ2) is 6.39. The lowest BCUT2D eigenvalue weighted by Gasteiger charge is -2.16. The van der Waals surface area contributed by atoms with E-state index in [-0.39, 0.29) is 11.0 Å². The van der Waals surface area contributed by atoms with Gasteiger partial charge in [-0.2, -0.15) is 13.2 Å². The van der Waals surface area contributed by atoms with Crippen LogP contribution in [0.5, 0.6) is 0 Å². The number of amides is 1. The van der Waals surface area contributed by atoms with E-state index in [0.29, 0.717) is 6.07 Å². The Hall–Kier alpha value is -1.68. The third-order valence-corrected chi connectivity index (χ3v) is 3.24. The monoisotopic (exact) mass is 370 g/mol. The van der Waals surface area contributed by atoms with E-state index in [4.69, 9.17) is 0 Å². The zero-order chi connectivity index (χ0) is 16.4. The zero-order valence-corrected chi connectivity index (χ0v) is 12.2. The lowest BCUT2D eigenvalue weighted by molar-refractivity contribution is -0.388. The molecule has 0 aliphatic rings. The molecule has 1 rings (SSSR count). The van der Waals surface area contributed by atoms with Crippen molar-refractivity contribution in [1.29, 1.82) is 0 Å². The van der Waals surface area contributed by atoms with Crippen LogP contribution in [0, 0.1) is 17.0 Å². The zero-order valence-electron chi connectivity index (χ0n) is 10.6. The van der Waals surface area contributed by atoms with Crippen LogP contribution in [0.25, 0.3) is 0 Å². The van der Waals surface area contributed by atoms with E-state index in [2.05, 4.69) is 21.2 Å². The summed E-state index contributed by atoms with van der Waals surface area (Å²) in [5.41, 5.74) is -3.28. The second-order valence-electron chi connectivity index (χ2n) is 4.05. The van der Waals surface area contributed by atoms with Crippen LogP contribution in [0.2, 0.25) is 0 Å². The van der Waals surface area contributed by atoms with E-state index in [1.54, 1.807) is 0 Å². The van der Waals surface area contributed by atoms with Gasteiger partial charge in [-0.15, -0.1) is 0 Å². The average molecular weight is 371 g/mol. The van der Waals surface area contributed by atoms with Crippen LogP contribution in [0.1, 0.15) is 11.1 Å². The molecule has 2 N–H and O–H groups in total. The Kier molecular flexibility index (Phi) is 5.29. The highest BCUT2D eigenvalue weighted by atomic mass is 79.9. The first-order valence-electron chi connectivity index (χ1n) is 5.49. The molecule has 0 saturated carbocycles. The molecule has 0 spiro atoms. The fraction of sp³-hybridized carbons (Fsp3) is 0.364. The minimum atomic E-state index is -4.94. The van der Waals surface area contributed by atoms with E-state index in [1.807, 2.05) is 0 Å². The largest absolute Gasteiger partial charge is 0.423 e. The normalized spacial score (nSPS) is 12.9. The van der Waals surface area contributed by atoms with Crippen molar-refractivity contribution in [3.63, 3.8) is 0 Å². The van der Waals surface area contributed by atoms with Gasteiger partial charge in [-0.25, -0.2) is 0 Å². The molecule has 0 radical (unpaired) electrons. The molecule has 0 unspecified atom stereocenters. The van der Waals surface area contributed by atoms with Gasteiger partial charge in [0.15, 0.2) is 0 Å². The van der Waals surface area contributed by atoms with Crippen molar-refractivity contribution in [1.82, 2.24) is 0 Å². The Morgan fingerprint density at radius 1 is 1.52 bits per heavy atom. The number of aliphatic hydroxyl groups excluding tert-OH is 1. The Bertz CT molecular complexity index is 577. The topological polar surface area (TPSA) is 92.5 Å². The van der Waals surface area contributed by atoms with Crippen LogP contribution in [0.4, 0.5) is 24.5 Å². The van der Waals surface area contributed by atoms with Gasteiger partial charge in [-0.3, -0.25) is 14.9 Å². The fourth-order valence-corrected chi connectivity index (χ4v) is 1.92. The predicted molar refractivity (Wildman–Crippen MR) is 71.3 cm³/mol. The molecule has 1 amide bonds. The van der Waals surface area contributed by atoms with Crippen molar-refractivity contribution < 1.29 is 28.0 Å². The van der Waals surface area contributed by atoms with Crippen molar-refractivity contribution in [3.8, 4) is 0 Å². The van der Waals surface area contributed by atoms with E-state index in [1.165, 1.54) is 0 Å². The Morgan fingerprint density at radius 2 is 2.10 bits per heavy atom. The summed E-state index contributed by atoms with van der Waals surface area (Å²) in [4.78, 5) is 21.0. The van der Waals surface area contributed by atoms with Crippen LogP contribution in [-0.4, -0.2) is 27.4 Å². The van der Waals surface area contributed by atoms with Crippen molar-refractivity contribution in [3.05, 3.63) is 33.4 Å². The van der Waals surface area contributed by atoms with Gasteiger partial charge in [0.2, 0.25) is 0 Å². The number of anilines is 1. The predicted octanol–water partition coefficient (Wildman–Crippen LogP) is 2.62. The summed E-state index contributed by atoms with van der Waals surface area (Å²) in [6.45, 7) is 1.01. The SMILES string of the molecule is Cc1c(NC(=O)[C@@H](O)CBr)ccc([N+](=O)[O-])c1C(F)(F)F. The summed E-state index contributed by atoms with van der Waals surface area (Å²) in [6.07, 6.45) is -6.39. The highest BCUT2D eigenvalue weighted by Crippen LogP contribution is 2.40. The number of hydrogen-bond donors (Lipinski definition) is 2. The minimum absolute atomic E-state index is 0.100. The van der Waals surface area contributed by atoms with Crippen LogP contribution < -0.4 is 5.32 Å². The van der Waals surface area contributed by atoms with Gasteiger partial charge in [-0.05, 0) is 18.6 Å². The van der Waals surface area contributed by atoms with Gasteiger partial charge in [0, 0.05) is 17.1 Å². The molecule has 10 heteroatoms. The van der Waals surface area contributed by atoms with Crippen LogP contribution in [-0.2, 0) is 11.0 Å². The van der Waals surface area contributed by atoms with Gasteiger partial charge in [-0.1, -0.05) is 15.9 Å². The lowest BCUT2D eigenvalue weighted by Crippen LogP contribution is -2.29. The summed E-state index contributed by atoms with van der Waals surface area (Å²) < 4.78 is 38.8. The molecule has 6 nitrogen and oxygen atoms in total. The molecule has 0 aliphatic heterocycles. The van der Waals surface area contributed by atoms with Crippen LogP contribution in [0.3, 0.4) is 0 Å². The molecule has 0 heterocycles. The van der Waals surface area contributed by atoms with Crippen molar-refractivity contribution in [2.75, 3.05) is 10.6 Å². The first-order chi connectivity index (χ1) is 9.59. The maximum Gasteiger partial charge on any atom is 0.423 e. The van der Waals surface area contributed by atoms with Gasteiger partial charge in [0.1, 0.15) is 11.7 Å². The summed E-state index contributed by atoms with van der Waals surface area (Å²) in [6, 6.07) is 1.65. The van der Waals surface area contributed by atoms with Crippen LogP contribution in [0.15, 0.2) is 12.1 Å². The first-order valence-corrected chi connectivity index (χ1v) is 6.61. The van der Waals surface area contributed by atoms with Gasteiger partial charge in [0.25, 0.3) is 11.6 Å². The number of alkyl halides is 4. The van der Waals surface area contributed by atoms with Gasteiger partial charge in [0.05, 0.1) is 4.92 Å². The molecule has 0 bridgehead atoms. The Balaban J connectivity index is 3.33. The maximum absolute atomic E-state index is 12.9.